The van der Waals surface area contributed by atoms with Crippen molar-refractivity contribution in [2.24, 2.45) is 0 Å². The fourth-order valence-corrected chi connectivity index (χ4v) is 2.47. The Morgan fingerprint density at radius 3 is 2.81 bits per heavy atom. The molecular formula is C8H7BrClN3O2S. The van der Waals surface area contributed by atoms with Crippen LogP contribution in [0.4, 0.5) is 5.82 Å². The van der Waals surface area contributed by atoms with Gasteiger partial charge in [-0.25, -0.2) is 8.42 Å². The Morgan fingerprint density at radius 2 is 2.19 bits per heavy atom. The summed E-state index contributed by atoms with van der Waals surface area (Å²) in [6.45, 7) is 0. The van der Waals surface area contributed by atoms with Crippen molar-refractivity contribution < 1.29 is 8.42 Å². The highest BCUT2D eigenvalue weighted by molar-refractivity contribution is 9.10. The maximum Gasteiger partial charge on any atom is 0.231 e. The number of nitrogens with one attached hydrogen (secondary N) is 2. The number of sulfonamides is 1. The van der Waals surface area contributed by atoms with Crippen LogP contribution in [0.1, 0.15) is 0 Å². The fourth-order valence-electron chi connectivity index (χ4n) is 1.31. The smallest absolute Gasteiger partial charge is 0.231 e. The number of aromatic amines is 1. The van der Waals surface area contributed by atoms with Gasteiger partial charge < -0.3 is 0 Å². The largest absolute Gasteiger partial charge is 0.274 e. The molecule has 0 amide bonds. The van der Waals surface area contributed by atoms with Crippen molar-refractivity contribution in [3.05, 3.63) is 21.6 Å². The summed E-state index contributed by atoms with van der Waals surface area (Å²) in [6, 6.07) is 3.42. The molecule has 0 fully saturated rings. The molecule has 0 bridgehead atoms. The van der Waals surface area contributed by atoms with E-state index in [4.69, 9.17) is 11.6 Å². The lowest BCUT2D eigenvalue weighted by molar-refractivity contribution is 0.606. The van der Waals surface area contributed by atoms with Crippen LogP contribution in [0.15, 0.2) is 16.6 Å². The minimum Gasteiger partial charge on any atom is -0.274 e. The minimum atomic E-state index is -3.37. The lowest BCUT2D eigenvalue weighted by Gasteiger charge is -2.01. The first-order chi connectivity index (χ1) is 7.38. The number of hydrogen-bond donors (Lipinski definition) is 2. The molecule has 2 rings (SSSR count). The number of halogens is 2. The first-order valence-electron chi connectivity index (χ1n) is 4.18. The van der Waals surface area contributed by atoms with Crippen molar-refractivity contribution in [2.75, 3.05) is 11.0 Å². The van der Waals surface area contributed by atoms with E-state index < -0.39 is 10.0 Å². The number of rotatable bonds is 2. The van der Waals surface area contributed by atoms with Crippen LogP contribution in [0, 0.1) is 0 Å². The van der Waals surface area contributed by atoms with Gasteiger partial charge in [-0.3, -0.25) is 9.82 Å². The van der Waals surface area contributed by atoms with E-state index in [-0.39, 0.29) is 5.82 Å². The van der Waals surface area contributed by atoms with Crippen LogP contribution in [0.25, 0.3) is 10.9 Å². The van der Waals surface area contributed by atoms with E-state index in [1.807, 2.05) is 0 Å². The predicted octanol–water partition coefficient (Wildman–Crippen LogP) is 2.35. The minimum absolute atomic E-state index is 0.198. The van der Waals surface area contributed by atoms with Gasteiger partial charge in [0.05, 0.1) is 22.2 Å². The van der Waals surface area contributed by atoms with Crippen LogP contribution in [-0.4, -0.2) is 24.9 Å². The average molecular weight is 325 g/mol. The normalized spacial score (nSPS) is 11.9. The number of anilines is 1. The van der Waals surface area contributed by atoms with E-state index in [1.54, 1.807) is 12.1 Å². The highest BCUT2D eigenvalue weighted by atomic mass is 79.9. The van der Waals surface area contributed by atoms with E-state index in [0.29, 0.717) is 15.9 Å². The number of nitrogens with zero attached hydrogens (tertiary/aromatic N) is 1. The summed E-state index contributed by atoms with van der Waals surface area (Å²) in [6.07, 6.45) is 1.05. The molecule has 1 heterocycles. The van der Waals surface area contributed by atoms with Crippen molar-refractivity contribution in [3.63, 3.8) is 0 Å². The van der Waals surface area contributed by atoms with E-state index in [9.17, 15) is 8.42 Å². The van der Waals surface area contributed by atoms with E-state index in [1.165, 1.54) is 0 Å². The number of H-pyrrole nitrogens is 1. The Labute approximate surface area is 105 Å². The fraction of sp³-hybridized carbons (Fsp3) is 0.125. The maximum atomic E-state index is 11.1. The zero-order valence-electron chi connectivity index (χ0n) is 8.08. The first kappa shape index (κ1) is 11.7. The van der Waals surface area contributed by atoms with Crippen LogP contribution >= 0.6 is 27.5 Å². The molecule has 0 unspecified atom stereocenters. The van der Waals surface area contributed by atoms with Gasteiger partial charge in [-0.15, -0.1) is 0 Å². The molecule has 2 N–H and O–H groups in total. The molecule has 1 aromatic carbocycles. The molecule has 0 saturated carbocycles. The molecule has 2 aromatic rings. The second-order valence-corrected chi connectivity index (χ2v) is 6.24. The highest BCUT2D eigenvalue weighted by Gasteiger charge is 2.14. The maximum absolute atomic E-state index is 11.1. The standard InChI is InChI=1S/C8H7BrClN3O2S/c1-16(14,15)13-8-6-5(10)3-2-4(9)7(6)11-12-8/h2-3H,1H3,(H2,11,12,13). The quantitative estimate of drug-likeness (QED) is 0.890. The van der Waals surface area contributed by atoms with Crippen LogP contribution < -0.4 is 4.72 Å². The molecule has 0 atom stereocenters. The molecule has 0 aliphatic rings. The van der Waals surface area contributed by atoms with Crippen molar-refractivity contribution in [3.8, 4) is 0 Å². The van der Waals surface area contributed by atoms with Gasteiger partial charge in [-0.1, -0.05) is 11.6 Å². The monoisotopic (exact) mass is 323 g/mol. The Hall–Kier alpha value is -0.790. The van der Waals surface area contributed by atoms with Crippen molar-refractivity contribution >= 4 is 54.3 Å². The number of benzene rings is 1. The summed E-state index contributed by atoms with van der Waals surface area (Å²) in [4.78, 5) is 0. The lowest BCUT2D eigenvalue weighted by atomic mass is 10.2. The molecule has 1 aromatic heterocycles. The second-order valence-electron chi connectivity index (χ2n) is 3.23. The molecule has 16 heavy (non-hydrogen) atoms. The Morgan fingerprint density at radius 1 is 1.50 bits per heavy atom. The second kappa shape index (κ2) is 3.90. The number of fused-ring (bicyclic) bond motifs is 1. The van der Waals surface area contributed by atoms with E-state index in [2.05, 4.69) is 30.8 Å². The molecule has 0 saturated heterocycles. The SMILES string of the molecule is CS(=O)(=O)Nc1n[nH]c2c(Br)ccc(Cl)c12. The Kier molecular flexibility index (Phi) is 2.85. The molecule has 86 valence electrons. The van der Waals surface area contributed by atoms with E-state index >= 15 is 0 Å². The molecule has 0 aliphatic heterocycles. The molecular weight excluding hydrogens is 318 g/mol. The summed E-state index contributed by atoms with van der Waals surface area (Å²) in [5.74, 6) is 0.198. The van der Waals surface area contributed by atoms with Gasteiger partial charge in [0.2, 0.25) is 10.0 Å². The summed E-state index contributed by atoms with van der Waals surface area (Å²) in [5.41, 5.74) is 0.652. The van der Waals surface area contributed by atoms with Crippen molar-refractivity contribution in [1.82, 2.24) is 10.2 Å². The van der Waals surface area contributed by atoms with Crippen molar-refractivity contribution in [1.29, 1.82) is 0 Å². The molecule has 0 radical (unpaired) electrons. The summed E-state index contributed by atoms with van der Waals surface area (Å²) in [5, 5.41) is 7.56. The van der Waals surface area contributed by atoms with Crippen LogP contribution in [0.3, 0.4) is 0 Å². The molecule has 5 nitrogen and oxygen atoms in total. The van der Waals surface area contributed by atoms with Gasteiger partial charge in [0.1, 0.15) is 0 Å². The number of hydrogen-bond acceptors (Lipinski definition) is 3. The third-order valence-electron chi connectivity index (χ3n) is 1.90. The van der Waals surface area contributed by atoms with Crippen LogP contribution in [0.2, 0.25) is 5.02 Å². The van der Waals surface area contributed by atoms with Gasteiger partial charge in [0, 0.05) is 4.47 Å². The summed E-state index contributed by atoms with van der Waals surface area (Å²) in [7, 11) is -3.37. The lowest BCUT2D eigenvalue weighted by Crippen LogP contribution is -2.10. The Bertz CT molecular complexity index is 653. The van der Waals surface area contributed by atoms with Crippen molar-refractivity contribution in [2.45, 2.75) is 0 Å². The summed E-state index contributed by atoms with van der Waals surface area (Å²) >= 11 is 9.31. The van der Waals surface area contributed by atoms with Gasteiger partial charge in [0.25, 0.3) is 0 Å². The molecule has 8 heteroatoms. The zero-order valence-corrected chi connectivity index (χ0v) is 11.2. The number of aromatic nitrogens is 2. The van der Waals surface area contributed by atoms with Crippen LogP contribution in [-0.2, 0) is 10.0 Å². The third-order valence-corrected chi connectivity index (χ3v) is 3.44. The third kappa shape index (κ3) is 2.16. The summed E-state index contributed by atoms with van der Waals surface area (Å²) < 4.78 is 25.3. The van der Waals surface area contributed by atoms with Gasteiger partial charge >= 0.3 is 0 Å². The van der Waals surface area contributed by atoms with Gasteiger partial charge in [-0.2, -0.15) is 5.10 Å². The van der Waals surface area contributed by atoms with E-state index in [0.717, 1.165) is 10.7 Å². The topological polar surface area (TPSA) is 74.8 Å². The van der Waals surface area contributed by atoms with Crippen LogP contribution in [0.5, 0.6) is 0 Å². The average Bonchev–Trinajstić information content (AvgIpc) is 2.54. The van der Waals surface area contributed by atoms with Gasteiger partial charge in [0.15, 0.2) is 5.82 Å². The Balaban J connectivity index is 2.69. The first-order valence-corrected chi connectivity index (χ1v) is 7.24. The molecule has 0 spiro atoms. The highest BCUT2D eigenvalue weighted by Crippen LogP contribution is 2.33. The zero-order chi connectivity index (χ0) is 11.9. The predicted molar refractivity (Wildman–Crippen MR) is 67.3 cm³/mol. The molecule has 0 aliphatic carbocycles. The van der Waals surface area contributed by atoms with Gasteiger partial charge in [-0.05, 0) is 28.1 Å².